The summed E-state index contributed by atoms with van der Waals surface area (Å²) >= 11 is -0.301. The Morgan fingerprint density at radius 1 is 0.885 bits per heavy atom. The standard InChI is InChI=1S/C16H17FI.CHF3O3S/c1-10-5-12(3)16(13(4)6-10)18-15-8-11(2)7-14(17)9-15;2-1(3,4)8(5,6)7/h5-9H,1-4H3;(H,5,6,7)/q+1;/p-1. The van der Waals surface area contributed by atoms with Crippen molar-refractivity contribution in [3.63, 3.8) is 0 Å². The van der Waals surface area contributed by atoms with Crippen LogP contribution in [0.5, 0.6) is 0 Å². The van der Waals surface area contributed by atoms with Gasteiger partial charge in [-0.05, 0) is 45.4 Å². The maximum absolute atomic E-state index is 13.4. The van der Waals surface area contributed by atoms with Crippen molar-refractivity contribution in [3.05, 3.63) is 65.5 Å². The molecule has 0 heterocycles. The van der Waals surface area contributed by atoms with Crippen molar-refractivity contribution < 1.29 is 51.7 Å². The Bertz CT molecular complexity index is 850. The Morgan fingerprint density at radius 3 is 1.69 bits per heavy atom. The molecule has 2 aromatic carbocycles. The molecule has 2 aromatic rings. The van der Waals surface area contributed by atoms with Gasteiger partial charge in [0.1, 0.15) is 5.82 Å². The first kappa shape index (κ1) is 22.8. The molecular formula is C17H17F4IO3S. The zero-order chi connectivity index (χ0) is 20.3. The second-order valence-corrected chi connectivity index (χ2v) is 9.89. The van der Waals surface area contributed by atoms with Crippen LogP contribution in [0.25, 0.3) is 0 Å². The molecular weight excluding hydrogens is 487 g/mol. The number of hydrogen-bond donors (Lipinski definition) is 0. The van der Waals surface area contributed by atoms with Gasteiger partial charge in [-0.1, -0.05) is 17.7 Å². The van der Waals surface area contributed by atoms with E-state index in [-0.39, 0.29) is 27.0 Å². The molecule has 0 bridgehead atoms. The summed E-state index contributed by atoms with van der Waals surface area (Å²) in [4.78, 5) is 0. The van der Waals surface area contributed by atoms with Gasteiger partial charge < -0.3 is 4.55 Å². The third kappa shape index (κ3) is 6.84. The van der Waals surface area contributed by atoms with Crippen molar-refractivity contribution in [1.82, 2.24) is 0 Å². The van der Waals surface area contributed by atoms with Crippen LogP contribution in [0.1, 0.15) is 22.3 Å². The van der Waals surface area contributed by atoms with Crippen LogP contribution in [0, 0.1) is 40.7 Å². The average molecular weight is 504 g/mol. The summed E-state index contributed by atoms with van der Waals surface area (Å²) in [5, 5.41) is 0. The highest BCUT2D eigenvalue weighted by Gasteiger charge is 2.36. The number of halogens is 5. The van der Waals surface area contributed by atoms with Gasteiger partial charge in [-0.15, -0.1) is 0 Å². The molecule has 0 radical (unpaired) electrons. The number of benzene rings is 2. The van der Waals surface area contributed by atoms with E-state index < -0.39 is 15.6 Å². The maximum atomic E-state index is 13.4. The second-order valence-electron chi connectivity index (χ2n) is 5.65. The third-order valence-corrected chi connectivity index (χ3v) is 7.13. The van der Waals surface area contributed by atoms with Crippen molar-refractivity contribution >= 4 is 10.1 Å². The van der Waals surface area contributed by atoms with Crippen LogP contribution in [0.3, 0.4) is 0 Å². The quantitative estimate of drug-likeness (QED) is 0.268. The van der Waals surface area contributed by atoms with Gasteiger partial charge in [0.15, 0.2) is 17.3 Å². The normalized spacial score (nSPS) is 11.7. The summed E-state index contributed by atoms with van der Waals surface area (Å²) < 4.78 is 74.9. The fraction of sp³-hybridized carbons (Fsp3) is 0.294. The third-order valence-electron chi connectivity index (χ3n) is 3.07. The molecule has 0 N–H and O–H groups in total. The van der Waals surface area contributed by atoms with Crippen LogP contribution < -0.4 is 21.2 Å². The van der Waals surface area contributed by atoms with E-state index in [0.29, 0.717) is 0 Å². The van der Waals surface area contributed by atoms with Crippen LogP contribution in [0.2, 0.25) is 0 Å². The zero-order valence-electron chi connectivity index (χ0n) is 14.4. The number of alkyl halides is 3. The predicted octanol–water partition coefficient (Wildman–Crippen LogP) is 1.24. The Labute approximate surface area is 160 Å². The molecule has 0 aliphatic rings. The van der Waals surface area contributed by atoms with Crippen molar-refractivity contribution in [2.24, 2.45) is 0 Å². The van der Waals surface area contributed by atoms with Crippen molar-refractivity contribution in [2.45, 2.75) is 33.2 Å². The van der Waals surface area contributed by atoms with E-state index in [4.69, 9.17) is 13.0 Å². The molecule has 0 spiro atoms. The summed E-state index contributed by atoms with van der Waals surface area (Å²) in [6, 6.07) is 9.80. The molecule has 0 aliphatic heterocycles. The lowest BCUT2D eigenvalue weighted by Gasteiger charge is -2.08. The van der Waals surface area contributed by atoms with Gasteiger partial charge in [0, 0.05) is 17.2 Å². The minimum absolute atomic E-state index is 0.118. The van der Waals surface area contributed by atoms with Crippen LogP contribution in [-0.2, 0) is 10.1 Å². The molecule has 0 unspecified atom stereocenters. The average Bonchev–Trinajstić information content (AvgIpc) is 2.40. The lowest BCUT2D eigenvalue weighted by molar-refractivity contribution is -0.599. The zero-order valence-corrected chi connectivity index (χ0v) is 17.4. The summed E-state index contributed by atoms with van der Waals surface area (Å²) in [7, 11) is -6.09. The molecule has 0 aromatic heterocycles. The van der Waals surface area contributed by atoms with Gasteiger partial charge in [-0.25, -0.2) is 12.8 Å². The Hall–Kier alpha value is -1.20. The molecule has 0 saturated heterocycles. The second kappa shape index (κ2) is 8.66. The fourth-order valence-corrected chi connectivity index (χ4v) is 5.05. The first-order valence-electron chi connectivity index (χ1n) is 7.22. The van der Waals surface area contributed by atoms with E-state index in [0.717, 1.165) is 9.13 Å². The summed E-state index contributed by atoms with van der Waals surface area (Å²) in [6.45, 7) is 8.38. The topological polar surface area (TPSA) is 57.2 Å². The molecule has 0 fully saturated rings. The monoisotopic (exact) mass is 504 g/mol. The van der Waals surface area contributed by atoms with Crippen molar-refractivity contribution in [1.29, 1.82) is 0 Å². The lowest BCUT2D eigenvalue weighted by atomic mass is 10.1. The minimum atomic E-state index is -6.09. The van der Waals surface area contributed by atoms with Crippen molar-refractivity contribution in [3.8, 4) is 0 Å². The fourth-order valence-electron chi connectivity index (χ4n) is 2.17. The van der Waals surface area contributed by atoms with Gasteiger partial charge in [0.05, 0.1) is 0 Å². The number of rotatable bonds is 2. The molecule has 3 nitrogen and oxygen atoms in total. The Kier molecular flexibility index (Phi) is 7.61. The lowest BCUT2D eigenvalue weighted by Crippen LogP contribution is -3.62. The van der Waals surface area contributed by atoms with Crippen LogP contribution in [-0.4, -0.2) is 18.5 Å². The molecule has 0 saturated carbocycles. The van der Waals surface area contributed by atoms with E-state index >= 15 is 0 Å². The first-order valence-corrected chi connectivity index (χ1v) is 10.8. The van der Waals surface area contributed by atoms with Crippen molar-refractivity contribution in [2.75, 3.05) is 0 Å². The predicted molar refractivity (Wildman–Crippen MR) is 84.9 cm³/mol. The molecule has 26 heavy (non-hydrogen) atoms. The minimum Gasteiger partial charge on any atom is -0.741 e. The largest absolute Gasteiger partial charge is 0.741 e. The summed E-state index contributed by atoms with van der Waals surface area (Å²) in [5.74, 6) is -0.118. The van der Waals surface area contributed by atoms with Crippen LogP contribution in [0.15, 0.2) is 30.3 Å². The van der Waals surface area contributed by atoms with E-state index in [1.807, 2.05) is 6.92 Å². The van der Waals surface area contributed by atoms with Crippen LogP contribution in [0.4, 0.5) is 17.6 Å². The molecule has 144 valence electrons. The highest BCUT2D eigenvalue weighted by atomic mass is 127. The van der Waals surface area contributed by atoms with Gasteiger partial charge in [0.2, 0.25) is 0 Å². The molecule has 0 aliphatic carbocycles. The molecule has 0 atom stereocenters. The van der Waals surface area contributed by atoms with E-state index in [1.165, 1.54) is 20.3 Å². The van der Waals surface area contributed by atoms with E-state index in [1.54, 1.807) is 12.1 Å². The van der Waals surface area contributed by atoms with Gasteiger partial charge >= 0.3 is 26.7 Å². The maximum Gasteiger partial charge on any atom is 0.485 e. The highest BCUT2D eigenvalue weighted by molar-refractivity contribution is 7.86. The molecule has 0 amide bonds. The van der Waals surface area contributed by atoms with Gasteiger partial charge in [-0.3, -0.25) is 0 Å². The smallest absolute Gasteiger partial charge is 0.485 e. The summed E-state index contributed by atoms with van der Waals surface area (Å²) in [6.07, 6.45) is 0. The Morgan fingerprint density at radius 2 is 1.31 bits per heavy atom. The van der Waals surface area contributed by atoms with E-state index in [9.17, 15) is 17.6 Å². The Balaban J connectivity index is 0.000000359. The molecule has 2 rings (SSSR count). The molecule has 9 heteroatoms. The summed E-state index contributed by atoms with van der Waals surface area (Å²) in [5.41, 5.74) is -0.669. The first-order chi connectivity index (χ1) is 11.7. The van der Waals surface area contributed by atoms with E-state index in [2.05, 4.69) is 39.0 Å². The SMILES string of the molecule is Cc1cc(F)cc([I+]c2c(C)cc(C)cc2C)c1.O=S(=O)([O-])C(F)(F)F. The number of hydrogen-bond acceptors (Lipinski definition) is 3. The highest BCUT2D eigenvalue weighted by Crippen LogP contribution is 2.20. The van der Waals surface area contributed by atoms with Gasteiger partial charge in [0.25, 0.3) is 0 Å². The number of aryl methyl sites for hydroxylation is 4. The van der Waals surface area contributed by atoms with Crippen LogP contribution >= 0.6 is 0 Å². The van der Waals surface area contributed by atoms with Gasteiger partial charge in [-0.2, -0.15) is 13.2 Å².